The Balaban J connectivity index is 2.71. The lowest BCUT2D eigenvalue weighted by molar-refractivity contribution is 0.413. The van der Waals surface area contributed by atoms with Gasteiger partial charge in [0.15, 0.2) is 5.82 Å². The zero-order chi connectivity index (χ0) is 12.6. The van der Waals surface area contributed by atoms with Gasteiger partial charge in [0, 0.05) is 6.07 Å². The Morgan fingerprint density at radius 3 is 2.65 bits per heavy atom. The number of aromatic amines is 2. The Kier molecular flexibility index (Phi) is 2.76. The van der Waals surface area contributed by atoms with Crippen LogP contribution in [-0.2, 0) is 0 Å². The molecule has 0 amide bonds. The summed E-state index contributed by atoms with van der Waals surface area (Å²) in [5.41, 5.74) is -1.67. The molecular weight excluding hydrogens is 253 g/mol. The van der Waals surface area contributed by atoms with Gasteiger partial charge in [0.25, 0.3) is 0 Å². The summed E-state index contributed by atoms with van der Waals surface area (Å²) in [7, 11) is 1.35. The van der Waals surface area contributed by atoms with E-state index in [9.17, 15) is 14.0 Å². The van der Waals surface area contributed by atoms with E-state index in [0.717, 1.165) is 10.7 Å². The van der Waals surface area contributed by atoms with Gasteiger partial charge in [-0.25, -0.2) is 19.1 Å². The second-order valence-corrected chi connectivity index (χ2v) is 3.55. The summed E-state index contributed by atoms with van der Waals surface area (Å²) in [6.45, 7) is 0. The topological polar surface area (TPSA) is 79.9 Å². The van der Waals surface area contributed by atoms with E-state index in [0.29, 0.717) is 0 Å². The van der Waals surface area contributed by atoms with Gasteiger partial charge >= 0.3 is 11.4 Å². The lowest BCUT2D eigenvalue weighted by Crippen LogP contribution is -2.17. The number of ether oxygens (including phenoxy) is 1. The number of aromatic nitrogens is 3. The second-order valence-electron chi connectivity index (χ2n) is 3.14. The van der Waals surface area contributed by atoms with Crippen molar-refractivity contribution in [1.29, 1.82) is 0 Å². The number of nitrogens with zero attached hydrogens (tertiary/aromatic N) is 1. The number of methoxy groups -OCH3 is 1. The molecule has 1 aromatic heterocycles. The lowest BCUT2D eigenvalue weighted by atomic mass is 10.3. The van der Waals surface area contributed by atoms with E-state index >= 15 is 0 Å². The minimum Gasteiger partial charge on any atom is -0.495 e. The van der Waals surface area contributed by atoms with Gasteiger partial charge in [0.2, 0.25) is 0 Å². The van der Waals surface area contributed by atoms with Gasteiger partial charge in [-0.3, -0.25) is 4.98 Å². The van der Waals surface area contributed by atoms with Crippen LogP contribution in [0.4, 0.5) is 4.39 Å². The molecular formula is C9H7ClFN3O3. The molecule has 0 radical (unpaired) electrons. The van der Waals surface area contributed by atoms with E-state index in [4.69, 9.17) is 16.3 Å². The first kappa shape index (κ1) is 11.5. The van der Waals surface area contributed by atoms with Crippen LogP contribution in [0.2, 0.25) is 5.02 Å². The Labute approximate surface area is 98.6 Å². The fourth-order valence-corrected chi connectivity index (χ4v) is 1.58. The van der Waals surface area contributed by atoms with Crippen LogP contribution in [0.3, 0.4) is 0 Å². The third-order valence-corrected chi connectivity index (χ3v) is 2.39. The molecule has 6 nitrogen and oxygen atoms in total. The van der Waals surface area contributed by atoms with Crippen LogP contribution < -0.4 is 16.1 Å². The number of H-pyrrole nitrogens is 2. The number of hydrogen-bond acceptors (Lipinski definition) is 3. The molecule has 0 saturated heterocycles. The van der Waals surface area contributed by atoms with E-state index in [-0.39, 0.29) is 16.5 Å². The van der Waals surface area contributed by atoms with Gasteiger partial charge in [-0.05, 0) is 6.07 Å². The zero-order valence-corrected chi connectivity index (χ0v) is 9.34. The van der Waals surface area contributed by atoms with Crippen LogP contribution in [-0.4, -0.2) is 21.9 Å². The van der Waals surface area contributed by atoms with Crippen molar-refractivity contribution >= 4 is 11.6 Å². The van der Waals surface area contributed by atoms with Gasteiger partial charge < -0.3 is 4.74 Å². The summed E-state index contributed by atoms with van der Waals surface area (Å²) in [5, 5.41) is 2.20. The van der Waals surface area contributed by atoms with Gasteiger partial charge in [-0.15, -0.1) is 0 Å². The molecule has 0 saturated carbocycles. The maximum atomic E-state index is 13.6. The normalized spacial score (nSPS) is 10.5. The van der Waals surface area contributed by atoms with E-state index in [1.807, 2.05) is 4.98 Å². The molecule has 90 valence electrons. The molecule has 0 spiro atoms. The second kappa shape index (κ2) is 4.10. The molecule has 0 aliphatic rings. The highest BCUT2D eigenvalue weighted by Crippen LogP contribution is 2.28. The van der Waals surface area contributed by atoms with Crippen molar-refractivity contribution in [3.63, 3.8) is 0 Å². The fourth-order valence-electron chi connectivity index (χ4n) is 1.35. The molecule has 0 aliphatic heterocycles. The standard InChI is InChI=1S/C9H7ClFN3O3/c1-17-7-3-6(5(11)2-4(7)10)14-9(16)12-8(15)13-14/h2-3H,1H3,(H2,12,13,15,16). The average molecular weight is 260 g/mol. The first-order chi connectivity index (χ1) is 8.02. The molecule has 0 unspecified atom stereocenters. The van der Waals surface area contributed by atoms with Crippen molar-refractivity contribution < 1.29 is 9.13 Å². The molecule has 17 heavy (non-hydrogen) atoms. The maximum Gasteiger partial charge on any atom is 0.349 e. The number of nitrogens with one attached hydrogen (secondary N) is 2. The Bertz CT molecular complexity index is 673. The van der Waals surface area contributed by atoms with E-state index in [1.54, 1.807) is 0 Å². The molecule has 0 bridgehead atoms. The molecule has 2 aromatic rings. The predicted octanol–water partition coefficient (Wildman–Crippen LogP) is 0.655. The molecule has 1 heterocycles. The molecule has 0 aliphatic carbocycles. The van der Waals surface area contributed by atoms with Crippen LogP contribution in [0, 0.1) is 5.82 Å². The average Bonchev–Trinajstić information content (AvgIpc) is 2.58. The molecule has 1 aromatic carbocycles. The smallest absolute Gasteiger partial charge is 0.349 e. The monoisotopic (exact) mass is 259 g/mol. The van der Waals surface area contributed by atoms with Crippen molar-refractivity contribution in [1.82, 2.24) is 14.8 Å². The van der Waals surface area contributed by atoms with Crippen LogP contribution in [0.25, 0.3) is 5.69 Å². The summed E-state index contributed by atoms with van der Waals surface area (Å²) in [6.07, 6.45) is 0. The van der Waals surface area contributed by atoms with Crippen molar-refractivity contribution in [2.75, 3.05) is 7.11 Å². The first-order valence-corrected chi connectivity index (χ1v) is 4.85. The van der Waals surface area contributed by atoms with E-state index in [2.05, 4.69) is 5.10 Å². The number of rotatable bonds is 2. The molecule has 0 atom stereocenters. The Morgan fingerprint density at radius 2 is 2.12 bits per heavy atom. The SMILES string of the molecule is COc1cc(-n2[nH]c(=O)[nH]c2=O)c(F)cc1Cl. The van der Waals surface area contributed by atoms with Crippen LogP contribution in [0.1, 0.15) is 0 Å². The third-order valence-electron chi connectivity index (χ3n) is 2.10. The third kappa shape index (κ3) is 1.96. The van der Waals surface area contributed by atoms with Crippen LogP contribution in [0.5, 0.6) is 5.75 Å². The van der Waals surface area contributed by atoms with Crippen LogP contribution >= 0.6 is 11.6 Å². The maximum absolute atomic E-state index is 13.6. The fraction of sp³-hybridized carbons (Fsp3) is 0.111. The van der Waals surface area contributed by atoms with Crippen molar-refractivity contribution in [3.05, 3.63) is 43.9 Å². The summed E-state index contributed by atoms with van der Waals surface area (Å²) < 4.78 is 19.2. The number of benzene rings is 1. The number of halogens is 2. The highest BCUT2D eigenvalue weighted by molar-refractivity contribution is 6.32. The Morgan fingerprint density at radius 1 is 1.41 bits per heavy atom. The molecule has 0 fully saturated rings. The molecule has 2 rings (SSSR count). The van der Waals surface area contributed by atoms with E-state index < -0.39 is 17.2 Å². The van der Waals surface area contributed by atoms with Gasteiger partial charge in [0.1, 0.15) is 11.4 Å². The summed E-state index contributed by atoms with van der Waals surface area (Å²) in [5.74, 6) is -0.565. The molecule has 2 N–H and O–H groups in total. The van der Waals surface area contributed by atoms with Crippen molar-refractivity contribution in [2.45, 2.75) is 0 Å². The zero-order valence-electron chi connectivity index (χ0n) is 8.58. The minimum atomic E-state index is -0.779. The van der Waals surface area contributed by atoms with E-state index in [1.165, 1.54) is 13.2 Å². The largest absolute Gasteiger partial charge is 0.495 e. The summed E-state index contributed by atoms with van der Waals surface area (Å²) in [6, 6.07) is 2.20. The van der Waals surface area contributed by atoms with Crippen LogP contribution in [0.15, 0.2) is 21.7 Å². The minimum absolute atomic E-state index is 0.0691. The number of hydrogen-bond donors (Lipinski definition) is 2. The van der Waals surface area contributed by atoms with Crippen molar-refractivity contribution in [2.24, 2.45) is 0 Å². The predicted molar refractivity (Wildman–Crippen MR) is 58.5 cm³/mol. The van der Waals surface area contributed by atoms with Gasteiger partial charge in [-0.1, -0.05) is 11.6 Å². The highest BCUT2D eigenvalue weighted by Gasteiger charge is 2.13. The highest BCUT2D eigenvalue weighted by atomic mass is 35.5. The summed E-state index contributed by atoms with van der Waals surface area (Å²) >= 11 is 5.70. The lowest BCUT2D eigenvalue weighted by Gasteiger charge is -2.07. The Hall–Kier alpha value is -2.02. The summed E-state index contributed by atoms with van der Waals surface area (Å²) in [4.78, 5) is 24.2. The van der Waals surface area contributed by atoms with Crippen molar-refractivity contribution in [3.8, 4) is 11.4 Å². The first-order valence-electron chi connectivity index (χ1n) is 4.47. The van der Waals surface area contributed by atoms with Gasteiger partial charge in [0.05, 0.1) is 12.1 Å². The quantitative estimate of drug-likeness (QED) is 0.831. The van der Waals surface area contributed by atoms with Gasteiger partial charge in [-0.2, -0.15) is 4.68 Å². The molecule has 8 heteroatoms.